The van der Waals surface area contributed by atoms with E-state index < -0.39 is 11.7 Å². The molecule has 1 aromatic carbocycles. The average Bonchev–Trinajstić information content (AvgIpc) is 2.96. The monoisotopic (exact) mass is 377 g/mol. The van der Waals surface area contributed by atoms with Gasteiger partial charge in [0.2, 0.25) is 0 Å². The minimum atomic E-state index is -0.587. The van der Waals surface area contributed by atoms with Crippen molar-refractivity contribution in [2.24, 2.45) is 0 Å². The van der Waals surface area contributed by atoms with E-state index in [1.165, 1.54) is 23.5 Å². The van der Waals surface area contributed by atoms with Gasteiger partial charge in [0, 0.05) is 27.8 Å². The summed E-state index contributed by atoms with van der Waals surface area (Å²) in [4.78, 5) is 20.4. The maximum Gasteiger partial charge on any atom is 0.260 e. The van der Waals surface area contributed by atoms with Gasteiger partial charge in [-0.3, -0.25) is 15.1 Å². The van der Waals surface area contributed by atoms with Gasteiger partial charge >= 0.3 is 0 Å². The summed E-state index contributed by atoms with van der Waals surface area (Å²) < 4.78 is 14.3. The number of nitrogens with one attached hydrogen (secondary N) is 1. The highest BCUT2D eigenvalue weighted by Crippen LogP contribution is 2.25. The first-order valence-electron chi connectivity index (χ1n) is 6.26. The van der Waals surface area contributed by atoms with E-state index in [2.05, 4.69) is 31.2 Å². The summed E-state index contributed by atoms with van der Waals surface area (Å²) in [7, 11) is 0. The van der Waals surface area contributed by atoms with Gasteiger partial charge in [0.15, 0.2) is 5.13 Å². The zero-order valence-corrected chi connectivity index (χ0v) is 13.5. The van der Waals surface area contributed by atoms with Gasteiger partial charge in [-0.05, 0) is 30.3 Å². The second kappa shape index (κ2) is 6.33. The number of thiazole rings is 1. The van der Waals surface area contributed by atoms with Crippen LogP contribution in [0.3, 0.4) is 0 Å². The van der Waals surface area contributed by atoms with Crippen LogP contribution < -0.4 is 5.32 Å². The van der Waals surface area contributed by atoms with E-state index in [0.29, 0.717) is 15.3 Å². The van der Waals surface area contributed by atoms with Crippen molar-refractivity contribution < 1.29 is 9.18 Å². The summed E-state index contributed by atoms with van der Waals surface area (Å²) in [6.45, 7) is 0. The molecule has 3 rings (SSSR count). The minimum absolute atomic E-state index is 0.0265. The minimum Gasteiger partial charge on any atom is -0.298 e. The maximum absolute atomic E-state index is 13.8. The lowest BCUT2D eigenvalue weighted by Crippen LogP contribution is -2.13. The summed E-state index contributed by atoms with van der Waals surface area (Å²) in [5, 5.41) is 4.82. The Kier molecular flexibility index (Phi) is 4.26. The molecule has 0 radical (unpaired) electrons. The van der Waals surface area contributed by atoms with Crippen molar-refractivity contribution in [3.63, 3.8) is 0 Å². The van der Waals surface area contributed by atoms with Crippen LogP contribution in [0.4, 0.5) is 9.52 Å². The number of carbonyl (C=O) groups is 1. The smallest absolute Gasteiger partial charge is 0.260 e. The largest absolute Gasteiger partial charge is 0.298 e. The van der Waals surface area contributed by atoms with Gasteiger partial charge in [0.1, 0.15) is 5.82 Å². The number of amides is 1. The molecule has 3 aromatic rings. The Labute approximate surface area is 138 Å². The van der Waals surface area contributed by atoms with Crippen LogP contribution in [0.5, 0.6) is 0 Å². The molecule has 0 fully saturated rings. The fourth-order valence-electron chi connectivity index (χ4n) is 1.82. The van der Waals surface area contributed by atoms with Crippen LogP contribution in [-0.4, -0.2) is 15.9 Å². The number of nitrogens with zero attached hydrogens (tertiary/aromatic N) is 2. The Morgan fingerprint density at radius 2 is 2.18 bits per heavy atom. The lowest BCUT2D eigenvalue weighted by atomic mass is 10.2. The molecule has 22 heavy (non-hydrogen) atoms. The fourth-order valence-corrected chi connectivity index (χ4v) is 2.86. The molecule has 2 aromatic heterocycles. The predicted molar refractivity (Wildman–Crippen MR) is 87.4 cm³/mol. The van der Waals surface area contributed by atoms with Crippen LogP contribution in [0.25, 0.3) is 11.3 Å². The summed E-state index contributed by atoms with van der Waals surface area (Å²) in [6.07, 6.45) is 3.36. The van der Waals surface area contributed by atoms with Crippen molar-refractivity contribution in [3.8, 4) is 11.3 Å². The number of anilines is 1. The standard InChI is InChI=1S/C15H9BrFN3OS/c16-10-3-4-11(12(17)6-10)14(21)20-15-19-13(8-22-15)9-2-1-5-18-7-9/h1-8H,(H,19,20,21). The van der Waals surface area contributed by atoms with Gasteiger partial charge in [-0.15, -0.1) is 11.3 Å². The summed E-state index contributed by atoms with van der Waals surface area (Å²) in [5.74, 6) is -1.12. The van der Waals surface area contributed by atoms with Crippen molar-refractivity contribution in [2.75, 3.05) is 5.32 Å². The number of carbonyl (C=O) groups excluding carboxylic acids is 1. The first-order chi connectivity index (χ1) is 10.6. The van der Waals surface area contributed by atoms with E-state index in [4.69, 9.17) is 0 Å². The fraction of sp³-hybridized carbons (Fsp3) is 0. The van der Waals surface area contributed by atoms with Gasteiger partial charge < -0.3 is 0 Å². The molecule has 4 nitrogen and oxygen atoms in total. The molecule has 0 bridgehead atoms. The van der Waals surface area contributed by atoms with Crippen LogP contribution in [0.15, 0.2) is 52.6 Å². The lowest BCUT2D eigenvalue weighted by molar-refractivity contribution is 0.102. The second-order valence-electron chi connectivity index (χ2n) is 4.36. The van der Waals surface area contributed by atoms with E-state index in [0.717, 1.165) is 5.56 Å². The Hall–Kier alpha value is -2.12. The Morgan fingerprint density at radius 1 is 1.32 bits per heavy atom. The molecule has 0 aliphatic heterocycles. The molecule has 7 heteroatoms. The lowest BCUT2D eigenvalue weighted by Gasteiger charge is -2.03. The number of pyridine rings is 1. The van der Waals surface area contributed by atoms with Crippen molar-refractivity contribution in [1.29, 1.82) is 0 Å². The molecular formula is C15H9BrFN3OS. The van der Waals surface area contributed by atoms with E-state index in [9.17, 15) is 9.18 Å². The number of halogens is 2. The highest BCUT2D eigenvalue weighted by molar-refractivity contribution is 9.10. The zero-order valence-electron chi connectivity index (χ0n) is 11.1. The van der Waals surface area contributed by atoms with E-state index in [1.807, 2.05) is 17.5 Å². The molecule has 1 N–H and O–H groups in total. The quantitative estimate of drug-likeness (QED) is 0.737. The van der Waals surface area contributed by atoms with Crippen molar-refractivity contribution >= 4 is 38.3 Å². The zero-order chi connectivity index (χ0) is 15.5. The van der Waals surface area contributed by atoms with Crippen LogP contribution in [0.2, 0.25) is 0 Å². The first kappa shape index (κ1) is 14.8. The SMILES string of the molecule is O=C(Nc1nc(-c2cccnc2)cs1)c1ccc(Br)cc1F. The topological polar surface area (TPSA) is 54.9 Å². The number of benzene rings is 1. The third-order valence-electron chi connectivity index (χ3n) is 2.86. The van der Waals surface area contributed by atoms with Gasteiger partial charge in [-0.2, -0.15) is 0 Å². The van der Waals surface area contributed by atoms with Crippen LogP contribution in [-0.2, 0) is 0 Å². The molecule has 0 spiro atoms. The number of hydrogen-bond donors (Lipinski definition) is 1. The van der Waals surface area contributed by atoms with Crippen LogP contribution in [0, 0.1) is 5.82 Å². The van der Waals surface area contributed by atoms with E-state index >= 15 is 0 Å². The molecular weight excluding hydrogens is 369 g/mol. The summed E-state index contributed by atoms with van der Waals surface area (Å²) in [6, 6.07) is 7.97. The molecule has 0 aliphatic carbocycles. The predicted octanol–water partition coefficient (Wildman–Crippen LogP) is 4.36. The molecule has 2 heterocycles. The molecule has 0 aliphatic rings. The Bertz CT molecular complexity index is 823. The Morgan fingerprint density at radius 3 is 2.91 bits per heavy atom. The van der Waals surface area contributed by atoms with Gasteiger partial charge in [-0.25, -0.2) is 9.37 Å². The summed E-state index contributed by atoms with van der Waals surface area (Å²) in [5.41, 5.74) is 1.54. The summed E-state index contributed by atoms with van der Waals surface area (Å²) >= 11 is 4.43. The van der Waals surface area contributed by atoms with Crippen LogP contribution >= 0.6 is 27.3 Å². The van der Waals surface area contributed by atoms with Crippen LogP contribution in [0.1, 0.15) is 10.4 Å². The number of rotatable bonds is 3. The highest BCUT2D eigenvalue weighted by Gasteiger charge is 2.14. The van der Waals surface area contributed by atoms with Crippen molar-refractivity contribution in [2.45, 2.75) is 0 Å². The average molecular weight is 378 g/mol. The highest BCUT2D eigenvalue weighted by atomic mass is 79.9. The number of hydrogen-bond acceptors (Lipinski definition) is 4. The Balaban J connectivity index is 1.79. The molecule has 1 amide bonds. The normalized spacial score (nSPS) is 10.5. The third kappa shape index (κ3) is 3.20. The molecule has 0 saturated heterocycles. The van der Waals surface area contributed by atoms with Gasteiger partial charge in [-0.1, -0.05) is 15.9 Å². The molecule has 0 unspecified atom stereocenters. The van der Waals surface area contributed by atoms with Gasteiger partial charge in [0.05, 0.1) is 11.3 Å². The second-order valence-corrected chi connectivity index (χ2v) is 6.13. The third-order valence-corrected chi connectivity index (χ3v) is 4.11. The first-order valence-corrected chi connectivity index (χ1v) is 7.93. The van der Waals surface area contributed by atoms with Gasteiger partial charge in [0.25, 0.3) is 5.91 Å². The molecule has 110 valence electrons. The van der Waals surface area contributed by atoms with Crippen molar-refractivity contribution in [3.05, 3.63) is 64.0 Å². The van der Waals surface area contributed by atoms with Crippen molar-refractivity contribution in [1.82, 2.24) is 9.97 Å². The van der Waals surface area contributed by atoms with E-state index in [-0.39, 0.29) is 5.56 Å². The maximum atomic E-state index is 13.8. The molecule has 0 atom stereocenters. The molecule has 0 saturated carbocycles. The van der Waals surface area contributed by atoms with E-state index in [1.54, 1.807) is 18.5 Å². The number of aromatic nitrogens is 2.